The number of hydrogen-bond donors (Lipinski definition) is 1. The number of Topliss-reactive ketones (excluding diaryl/α,β-unsaturated/α-hetero) is 1. The number of carbonyl (C=O) groups excluding carboxylic acids is 3. The number of nitrogens with one attached hydrogen (secondary N) is 1. The van der Waals surface area contributed by atoms with Gasteiger partial charge in [-0.1, -0.05) is 46.2 Å². The maximum atomic E-state index is 13.4. The molecule has 0 bridgehead atoms. The van der Waals surface area contributed by atoms with Crippen molar-refractivity contribution in [3.05, 3.63) is 21.3 Å². The highest BCUT2D eigenvalue weighted by Gasteiger charge is 2.63. The Labute approximate surface area is 249 Å². The van der Waals surface area contributed by atoms with Crippen molar-refractivity contribution in [2.75, 3.05) is 0 Å². The first-order chi connectivity index (χ1) is 18.8. The van der Waals surface area contributed by atoms with Crippen LogP contribution in [0.4, 0.5) is 0 Å². The van der Waals surface area contributed by atoms with Crippen LogP contribution in [0.3, 0.4) is 0 Å². The van der Waals surface area contributed by atoms with E-state index in [1.54, 1.807) is 11.3 Å². The van der Waals surface area contributed by atoms with Gasteiger partial charge in [0.1, 0.15) is 11.9 Å². The van der Waals surface area contributed by atoms with Crippen LogP contribution in [0.5, 0.6) is 0 Å². The highest BCUT2D eigenvalue weighted by atomic mass is 35.5. The largest absolute Gasteiger partial charge is 0.462 e. The van der Waals surface area contributed by atoms with E-state index in [1.807, 2.05) is 12.1 Å². The average molecular weight is 590 g/mol. The number of fused-ring (bicyclic) bond motifs is 5. The summed E-state index contributed by atoms with van der Waals surface area (Å²) >= 11 is 7.74. The number of esters is 1. The molecule has 1 N–H and O–H groups in total. The van der Waals surface area contributed by atoms with Gasteiger partial charge in [0.2, 0.25) is 5.91 Å². The molecule has 0 spiro atoms. The Kier molecular flexibility index (Phi) is 8.54. The molecule has 4 aliphatic rings. The number of thiophene rings is 1. The van der Waals surface area contributed by atoms with Gasteiger partial charge in [0.05, 0.1) is 10.4 Å². The van der Waals surface area contributed by atoms with Crippen molar-refractivity contribution in [1.29, 1.82) is 0 Å². The van der Waals surface area contributed by atoms with Crippen LogP contribution in [-0.4, -0.2) is 23.8 Å². The van der Waals surface area contributed by atoms with Crippen LogP contribution >= 0.6 is 22.9 Å². The Bertz CT molecular complexity index is 1130. The maximum absolute atomic E-state index is 13.4. The summed E-state index contributed by atoms with van der Waals surface area (Å²) in [5.74, 6) is 2.95. The predicted molar refractivity (Wildman–Crippen MR) is 160 cm³/mol. The van der Waals surface area contributed by atoms with Crippen molar-refractivity contribution in [3.8, 4) is 0 Å². The van der Waals surface area contributed by atoms with E-state index >= 15 is 0 Å². The van der Waals surface area contributed by atoms with E-state index < -0.39 is 0 Å². The van der Waals surface area contributed by atoms with Gasteiger partial charge in [-0.15, -0.1) is 11.3 Å². The summed E-state index contributed by atoms with van der Waals surface area (Å²) in [7, 11) is 0. The topological polar surface area (TPSA) is 72.5 Å². The number of amides is 1. The van der Waals surface area contributed by atoms with Crippen LogP contribution in [0.25, 0.3) is 0 Å². The van der Waals surface area contributed by atoms with Gasteiger partial charge < -0.3 is 10.1 Å². The predicted octanol–water partition coefficient (Wildman–Crippen LogP) is 8.01. The standard InChI is InChI=1S/C33H48ClNO4S/c1-18(2)31(27-9-10-28(34)40-27)35-29(38)15-19(3)23-7-8-24-30-25(12-14-33(23,24)6)32(5)13-11-22(37)16-21(32)17-26(30)39-20(4)36/h9-10,18-19,21,23-26,30-31H,7-8,11-17H2,1-6H3,(H,35,38)/t19-,21+,23-,24+,25+,26-,30+,31-,32+,33-/m1/s1. The Morgan fingerprint density at radius 3 is 2.48 bits per heavy atom. The van der Waals surface area contributed by atoms with Gasteiger partial charge in [-0.25, -0.2) is 0 Å². The highest BCUT2D eigenvalue weighted by molar-refractivity contribution is 7.16. The zero-order chi connectivity index (χ0) is 29.0. The minimum Gasteiger partial charge on any atom is -0.462 e. The van der Waals surface area contributed by atoms with Crippen molar-refractivity contribution in [2.45, 2.75) is 111 Å². The summed E-state index contributed by atoms with van der Waals surface area (Å²) in [4.78, 5) is 39.2. The SMILES string of the molecule is CC(=O)O[C@@H]1C[C@@H]2CC(=O)CC[C@]2(C)[C@H]2CC[C@]3(C)[C@@H]([C@H](C)CC(=O)N[C@@H](c4ccc(Cl)s4)C(C)C)CC[C@H]3[C@H]12. The van der Waals surface area contributed by atoms with E-state index in [2.05, 4.69) is 39.9 Å². The molecule has 5 nitrogen and oxygen atoms in total. The minimum absolute atomic E-state index is 0.0256. The second kappa shape index (κ2) is 11.4. The van der Waals surface area contributed by atoms with E-state index in [0.29, 0.717) is 54.6 Å². The van der Waals surface area contributed by atoms with Crippen molar-refractivity contribution in [2.24, 2.45) is 52.3 Å². The Morgan fingerprint density at radius 2 is 1.82 bits per heavy atom. The van der Waals surface area contributed by atoms with Crippen LogP contribution < -0.4 is 5.32 Å². The van der Waals surface area contributed by atoms with Crippen LogP contribution in [0, 0.1) is 52.3 Å². The van der Waals surface area contributed by atoms with E-state index in [0.717, 1.165) is 47.7 Å². The third kappa shape index (κ3) is 5.41. The average Bonchev–Trinajstić information content (AvgIpc) is 3.45. The van der Waals surface area contributed by atoms with Crippen LogP contribution in [0.15, 0.2) is 12.1 Å². The molecule has 222 valence electrons. The molecule has 5 rings (SSSR count). The van der Waals surface area contributed by atoms with Crippen molar-refractivity contribution >= 4 is 40.6 Å². The van der Waals surface area contributed by atoms with Gasteiger partial charge in [-0.2, -0.15) is 0 Å². The minimum atomic E-state index is -0.201. The Hall–Kier alpha value is -1.40. The molecule has 0 aromatic carbocycles. The molecule has 1 heterocycles. The molecular formula is C33H48ClNO4S. The third-order valence-electron chi connectivity index (χ3n) is 11.9. The Morgan fingerprint density at radius 1 is 1.10 bits per heavy atom. The molecule has 0 unspecified atom stereocenters. The number of hydrogen-bond acceptors (Lipinski definition) is 5. The van der Waals surface area contributed by atoms with Crippen LogP contribution in [0.2, 0.25) is 4.34 Å². The lowest BCUT2D eigenvalue weighted by molar-refractivity contribution is -0.189. The zero-order valence-corrected chi connectivity index (χ0v) is 26.7. The molecule has 10 atom stereocenters. The molecule has 4 saturated carbocycles. The smallest absolute Gasteiger partial charge is 0.302 e. The van der Waals surface area contributed by atoms with Gasteiger partial charge in [0.25, 0.3) is 0 Å². The highest BCUT2D eigenvalue weighted by Crippen LogP contribution is 2.68. The molecule has 40 heavy (non-hydrogen) atoms. The number of carbonyl (C=O) groups is 3. The normalized spacial score (nSPS) is 38.6. The molecule has 0 radical (unpaired) electrons. The van der Waals surface area contributed by atoms with E-state index in [9.17, 15) is 14.4 Å². The van der Waals surface area contributed by atoms with Crippen molar-refractivity contribution in [1.82, 2.24) is 5.32 Å². The fraction of sp³-hybridized carbons (Fsp3) is 0.788. The molecule has 0 aliphatic heterocycles. The van der Waals surface area contributed by atoms with Gasteiger partial charge in [-0.3, -0.25) is 14.4 Å². The van der Waals surface area contributed by atoms with Crippen LogP contribution in [0.1, 0.15) is 110 Å². The lowest BCUT2D eigenvalue weighted by Crippen LogP contribution is -2.59. The van der Waals surface area contributed by atoms with Gasteiger partial charge >= 0.3 is 5.97 Å². The molecule has 1 amide bonds. The summed E-state index contributed by atoms with van der Waals surface area (Å²) in [6, 6.07) is 3.91. The first kappa shape index (κ1) is 30.1. The van der Waals surface area contributed by atoms with Crippen LogP contribution in [-0.2, 0) is 19.1 Å². The van der Waals surface area contributed by atoms with E-state index in [1.165, 1.54) is 6.92 Å². The number of rotatable bonds is 7. The van der Waals surface area contributed by atoms with Gasteiger partial charge in [-0.05, 0) is 97.0 Å². The third-order valence-corrected chi connectivity index (χ3v) is 13.3. The maximum Gasteiger partial charge on any atom is 0.302 e. The van der Waals surface area contributed by atoms with Crippen molar-refractivity contribution in [3.63, 3.8) is 0 Å². The molecule has 0 saturated heterocycles. The summed E-state index contributed by atoms with van der Waals surface area (Å²) in [6.45, 7) is 13.0. The summed E-state index contributed by atoms with van der Waals surface area (Å²) in [6.07, 6.45) is 8.09. The first-order valence-electron chi connectivity index (χ1n) is 15.6. The van der Waals surface area contributed by atoms with E-state index in [4.69, 9.17) is 16.3 Å². The molecular weight excluding hydrogens is 542 g/mol. The summed E-state index contributed by atoms with van der Waals surface area (Å²) in [5.41, 5.74) is 0.280. The lowest BCUT2D eigenvalue weighted by atomic mass is 9.43. The molecule has 1 aromatic heterocycles. The monoisotopic (exact) mass is 589 g/mol. The quantitative estimate of drug-likeness (QED) is 0.327. The van der Waals surface area contributed by atoms with Gasteiger partial charge in [0.15, 0.2) is 0 Å². The fourth-order valence-electron chi connectivity index (χ4n) is 10.0. The fourth-order valence-corrected chi connectivity index (χ4v) is 11.3. The summed E-state index contributed by atoms with van der Waals surface area (Å²) in [5, 5.41) is 3.33. The number of halogens is 1. The first-order valence-corrected chi connectivity index (χ1v) is 16.8. The molecule has 4 fully saturated rings. The van der Waals surface area contributed by atoms with Crippen molar-refractivity contribution < 1.29 is 19.1 Å². The number of ketones is 1. The van der Waals surface area contributed by atoms with Gasteiger partial charge in [0, 0.05) is 37.0 Å². The second-order valence-electron chi connectivity index (χ2n) is 14.5. The molecule has 4 aliphatic carbocycles. The second-order valence-corrected chi connectivity index (χ2v) is 16.2. The zero-order valence-electron chi connectivity index (χ0n) is 25.1. The Balaban J connectivity index is 1.32. The molecule has 7 heteroatoms. The molecule has 1 aromatic rings. The summed E-state index contributed by atoms with van der Waals surface area (Å²) < 4.78 is 6.84. The number of ether oxygens (including phenoxy) is 1. The lowest BCUT2D eigenvalue weighted by Gasteiger charge is -2.62. The van der Waals surface area contributed by atoms with E-state index in [-0.39, 0.29) is 46.7 Å².